The van der Waals surface area contributed by atoms with E-state index in [1.165, 1.54) is 16.4 Å². The van der Waals surface area contributed by atoms with Crippen LogP contribution in [0.2, 0.25) is 0 Å². The molecule has 27 heavy (non-hydrogen) atoms. The fourth-order valence-corrected chi connectivity index (χ4v) is 5.21. The standard InChI is InChI=1S/C19H28N2O5S/c1-13(8-18(22)23)10-20-19(24)16-5-4-6-17(9-16)27(25,26)21-11-14(2)7-15(3)12-21/h4-6,9,13-15H,7-8,10-12H2,1-3H3,(H,20,24)(H,22,23). The van der Waals surface area contributed by atoms with Gasteiger partial charge in [-0.2, -0.15) is 4.31 Å². The van der Waals surface area contributed by atoms with Gasteiger partial charge in [0.1, 0.15) is 0 Å². The zero-order valence-electron chi connectivity index (χ0n) is 16.0. The molecule has 1 aliphatic rings. The smallest absolute Gasteiger partial charge is 0.303 e. The van der Waals surface area contributed by atoms with Crippen LogP contribution in [-0.4, -0.2) is 49.3 Å². The molecule has 1 aromatic rings. The Morgan fingerprint density at radius 2 is 1.89 bits per heavy atom. The average molecular weight is 397 g/mol. The first-order valence-corrected chi connectivity index (χ1v) is 10.6. The average Bonchev–Trinajstić information content (AvgIpc) is 2.58. The summed E-state index contributed by atoms with van der Waals surface area (Å²) in [5.41, 5.74) is 0.247. The number of benzene rings is 1. The first kappa shape index (κ1) is 21.4. The Labute approximate surface area is 160 Å². The van der Waals surface area contributed by atoms with Gasteiger partial charge in [0.15, 0.2) is 0 Å². The summed E-state index contributed by atoms with van der Waals surface area (Å²) in [6.07, 6.45) is 0.961. The Bertz CT molecular complexity index is 783. The van der Waals surface area contributed by atoms with E-state index in [2.05, 4.69) is 5.32 Å². The number of hydrogen-bond acceptors (Lipinski definition) is 4. The summed E-state index contributed by atoms with van der Waals surface area (Å²) in [4.78, 5) is 23.1. The van der Waals surface area contributed by atoms with E-state index in [1.54, 1.807) is 19.1 Å². The summed E-state index contributed by atoms with van der Waals surface area (Å²) in [6, 6.07) is 6.00. The Hall–Kier alpha value is -1.93. The van der Waals surface area contributed by atoms with Gasteiger partial charge in [0, 0.05) is 31.6 Å². The number of amides is 1. The van der Waals surface area contributed by atoms with Gasteiger partial charge in [0.2, 0.25) is 10.0 Å². The number of nitrogens with zero attached hydrogens (tertiary/aromatic N) is 1. The summed E-state index contributed by atoms with van der Waals surface area (Å²) in [5, 5.41) is 11.4. The number of sulfonamides is 1. The molecule has 3 atom stereocenters. The van der Waals surface area contributed by atoms with Crippen LogP contribution in [0.25, 0.3) is 0 Å². The SMILES string of the molecule is CC(CNC(=O)c1cccc(S(=O)(=O)N2CC(C)CC(C)C2)c1)CC(=O)O. The zero-order valence-corrected chi connectivity index (χ0v) is 16.8. The number of aliphatic carboxylic acids is 1. The van der Waals surface area contributed by atoms with Gasteiger partial charge in [-0.3, -0.25) is 9.59 Å². The van der Waals surface area contributed by atoms with Crippen molar-refractivity contribution >= 4 is 21.9 Å². The van der Waals surface area contributed by atoms with E-state index in [1.807, 2.05) is 13.8 Å². The second-order valence-corrected chi connectivity index (χ2v) is 9.65. The van der Waals surface area contributed by atoms with Crippen molar-refractivity contribution in [1.29, 1.82) is 0 Å². The lowest BCUT2D eigenvalue weighted by Crippen LogP contribution is -2.42. The maximum atomic E-state index is 13.0. The number of piperidine rings is 1. The zero-order chi connectivity index (χ0) is 20.2. The molecule has 1 aromatic carbocycles. The van der Waals surface area contributed by atoms with E-state index in [4.69, 9.17) is 5.11 Å². The highest BCUT2D eigenvalue weighted by atomic mass is 32.2. The highest BCUT2D eigenvalue weighted by molar-refractivity contribution is 7.89. The molecule has 2 N–H and O–H groups in total. The van der Waals surface area contributed by atoms with Crippen LogP contribution in [0.4, 0.5) is 0 Å². The van der Waals surface area contributed by atoms with Crippen molar-refractivity contribution in [3.8, 4) is 0 Å². The van der Waals surface area contributed by atoms with Crippen molar-refractivity contribution in [3.63, 3.8) is 0 Å². The molecule has 1 heterocycles. The molecule has 0 saturated carbocycles. The van der Waals surface area contributed by atoms with Crippen molar-refractivity contribution in [2.24, 2.45) is 17.8 Å². The third-order valence-electron chi connectivity index (χ3n) is 4.70. The fraction of sp³-hybridized carbons (Fsp3) is 0.579. The number of hydrogen-bond donors (Lipinski definition) is 2. The van der Waals surface area contributed by atoms with Crippen LogP contribution in [0.5, 0.6) is 0 Å². The number of carbonyl (C=O) groups excluding carboxylic acids is 1. The molecule has 1 amide bonds. The summed E-state index contributed by atoms with van der Waals surface area (Å²) >= 11 is 0. The number of carboxylic acid groups (broad SMARTS) is 1. The minimum Gasteiger partial charge on any atom is -0.481 e. The largest absolute Gasteiger partial charge is 0.481 e. The Balaban J connectivity index is 2.11. The summed E-state index contributed by atoms with van der Waals surface area (Å²) in [6.45, 7) is 6.99. The van der Waals surface area contributed by atoms with E-state index in [-0.39, 0.29) is 29.3 Å². The summed E-state index contributed by atoms with van der Waals surface area (Å²) in [5.74, 6) is -0.953. The van der Waals surface area contributed by atoms with E-state index < -0.39 is 21.9 Å². The van der Waals surface area contributed by atoms with Gasteiger partial charge in [-0.15, -0.1) is 0 Å². The van der Waals surface area contributed by atoms with E-state index >= 15 is 0 Å². The van der Waals surface area contributed by atoms with Crippen LogP contribution in [0.3, 0.4) is 0 Å². The number of carbonyl (C=O) groups is 2. The predicted molar refractivity (Wildman–Crippen MR) is 102 cm³/mol. The molecule has 1 fully saturated rings. The molecule has 0 aliphatic carbocycles. The monoisotopic (exact) mass is 396 g/mol. The molecule has 0 bridgehead atoms. The summed E-state index contributed by atoms with van der Waals surface area (Å²) in [7, 11) is -3.66. The van der Waals surface area contributed by atoms with E-state index in [0.29, 0.717) is 24.9 Å². The van der Waals surface area contributed by atoms with Crippen molar-refractivity contribution in [2.45, 2.75) is 38.5 Å². The van der Waals surface area contributed by atoms with Gasteiger partial charge in [-0.05, 0) is 42.4 Å². The van der Waals surface area contributed by atoms with E-state index in [9.17, 15) is 18.0 Å². The maximum absolute atomic E-state index is 13.0. The third-order valence-corrected chi connectivity index (χ3v) is 6.53. The summed E-state index contributed by atoms with van der Waals surface area (Å²) < 4.78 is 27.4. The van der Waals surface area contributed by atoms with Crippen molar-refractivity contribution in [2.75, 3.05) is 19.6 Å². The topological polar surface area (TPSA) is 104 Å². The quantitative estimate of drug-likeness (QED) is 0.735. The third kappa shape index (κ3) is 5.77. The minimum atomic E-state index is -3.66. The molecule has 3 unspecified atom stereocenters. The predicted octanol–water partition coefficient (Wildman–Crippen LogP) is 2.19. The van der Waals surface area contributed by atoms with Crippen LogP contribution in [0.1, 0.15) is 44.0 Å². The lowest BCUT2D eigenvalue weighted by molar-refractivity contribution is -0.137. The molecule has 8 heteroatoms. The number of rotatable bonds is 7. The second-order valence-electron chi connectivity index (χ2n) is 7.71. The lowest BCUT2D eigenvalue weighted by atomic mass is 9.94. The molecule has 1 saturated heterocycles. The van der Waals surface area contributed by atoms with Gasteiger partial charge in [0.05, 0.1) is 4.90 Å². The van der Waals surface area contributed by atoms with Gasteiger partial charge >= 0.3 is 5.97 Å². The van der Waals surface area contributed by atoms with Gasteiger partial charge in [0.25, 0.3) is 5.91 Å². The highest BCUT2D eigenvalue weighted by Crippen LogP contribution is 2.27. The molecular weight excluding hydrogens is 368 g/mol. The molecular formula is C19H28N2O5S. The molecule has 2 rings (SSSR count). The fourth-order valence-electron chi connectivity index (χ4n) is 3.49. The Morgan fingerprint density at radius 3 is 2.48 bits per heavy atom. The van der Waals surface area contributed by atoms with Crippen LogP contribution in [0.15, 0.2) is 29.2 Å². The van der Waals surface area contributed by atoms with Crippen LogP contribution < -0.4 is 5.32 Å². The normalized spacial score (nSPS) is 22.2. The van der Waals surface area contributed by atoms with Crippen LogP contribution in [0, 0.1) is 17.8 Å². The molecule has 0 spiro atoms. The molecule has 0 aromatic heterocycles. The number of nitrogens with one attached hydrogen (secondary N) is 1. The maximum Gasteiger partial charge on any atom is 0.303 e. The van der Waals surface area contributed by atoms with Crippen molar-refractivity contribution in [3.05, 3.63) is 29.8 Å². The Kier molecular flexibility index (Phi) is 7.00. The molecule has 1 aliphatic heterocycles. The molecule has 7 nitrogen and oxygen atoms in total. The van der Waals surface area contributed by atoms with E-state index in [0.717, 1.165) is 6.42 Å². The lowest BCUT2D eigenvalue weighted by Gasteiger charge is -2.34. The van der Waals surface area contributed by atoms with Gasteiger partial charge < -0.3 is 10.4 Å². The minimum absolute atomic E-state index is 0.0416. The van der Waals surface area contributed by atoms with Crippen molar-refractivity contribution < 1.29 is 23.1 Å². The van der Waals surface area contributed by atoms with Gasteiger partial charge in [-0.25, -0.2) is 8.42 Å². The van der Waals surface area contributed by atoms with Crippen molar-refractivity contribution in [1.82, 2.24) is 9.62 Å². The first-order valence-electron chi connectivity index (χ1n) is 9.19. The highest BCUT2D eigenvalue weighted by Gasteiger charge is 2.31. The Morgan fingerprint density at radius 1 is 1.26 bits per heavy atom. The van der Waals surface area contributed by atoms with Crippen LogP contribution in [-0.2, 0) is 14.8 Å². The second kappa shape index (κ2) is 8.84. The molecule has 0 radical (unpaired) electrons. The van der Waals surface area contributed by atoms with Gasteiger partial charge in [-0.1, -0.05) is 26.8 Å². The first-order chi connectivity index (χ1) is 12.6. The van der Waals surface area contributed by atoms with Crippen LogP contribution >= 0.6 is 0 Å². The number of carboxylic acids is 1. The molecule has 150 valence electrons.